The molecule has 2 aromatic heterocycles. The quantitative estimate of drug-likeness (QED) is 0.510. The van der Waals surface area contributed by atoms with Crippen LogP contribution in [0.15, 0.2) is 59.5 Å². The molecule has 3 heterocycles. The number of carbonyl (C=O) groups is 1. The Bertz CT molecular complexity index is 1350. The van der Waals surface area contributed by atoms with Gasteiger partial charge in [-0.1, -0.05) is 42.5 Å². The van der Waals surface area contributed by atoms with Gasteiger partial charge in [0.2, 0.25) is 5.91 Å². The first-order valence-corrected chi connectivity index (χ1v) is 11.0. The Morgan fingerprint density at radius 1 is 1.16 bits per heavy atom. The van der Waals surface area contributed by atoms with Crippen LogP contribution in [0.4, 0.5) is 0 Å². The number of rotatable bonds is 6. The van der Waals surface area contributed by atoms with Crippen LogP contribution in [0.5, 0.6) is 0 Å². The van der Waals surface area contributed by atoms with Crippen molar-refractivity contribution in [2.24, 2.45) is 0 Å². The molecule has 1 amide bonds. The second-order valence-electron chi connectivity index (χ2n) is 8.34. The third-order valence-corrected chi connectivity index (χ3v) is 6.21. The molecule has 7 nitrogen and oxygen atoms in total. The van der Waals surface area contributed by atoms with Crippen molar-refractivity contribution in [2.75, 3.05) is 13.2 Å². The number of carbonyl (C=O) groups excluding carboxylic acids is 1. The Morgan fingerprint density at radius 2 is 1.97 bits per heavy atom. The number of aryl methyl sites for hydroxylation is 1. The van der Waals surface area contributed by atoms with Gasteiger partial charge in [-0.2, -0.15) is 5.10 Å². The summed E-state index contributed by atoms with van der Waals surface area (Å²) in [6, 6.07) is 16.1. The highest BCUT2D eigenvalue weighted by molar-refractivity contribution is 6.07. The molecule has 0 bridgehead atoms. The molecule has 2 aromatic carbocycles. The minimum absolute atomic E-state index is 0.0581. The fourth-order valence-corrected chi connectivity index (χ4v) is 4.45. The monoisotopic (exact) mass is 430 g/mol. The lowest BCUT2D eigenvalue weighted by atomic mass is 10.1. The zero-order valence-corrected chi connectivity index (χ0v) is 18.1. The van der Waals surface area contributed by atoms with E-state index in [-0.39, 0.29) is 24.1 Å². The summed E-state index contributed by atoms with van der Waals surface area (Å²) in [6.45, 7) is 3.73. The van der Waals surface area contributed by atoms with Gasteiger partial charge in [0.15, 0.2) is 0 Å². The number of hydrogen-bond acceptors (Lipinski definition) is 4. The van der Waals surface area contributed by atoms with E-state index in [0.29, 0.717) is 18.6 Å². The lowest BCUT2D eigenvalue weighted by Gasteiger charge is -2.12. The number of nitrogens with zero attached hydrogens (tertiary/aromatic N) is 3. The molecule has 1 unspecified atom stereocenters. The van der Waals surface area contributed by atoms with Gasteiger partial charge in [-0.05, 0) is 37.0 Å². The van der Waals surface area contributed by atoms with E-state index in [9.17, 15) is 9.59 Å². The molecule has 32 heavy (non-hydrogen) atoms. The Labute approximate surface area is 185 Å². The first kappa shape index (κ1) is 20.5. The molecule has 5 rings (SSSR count). The number of aromatic nitrogens is 3. The topological polar surface area (TPSA) is 78.2 Å². The van der Waals surface area contributed by atoms with Crippen LogP contribution in [-0.4, -0.2) is 39.5 Å². The maximum absolute atomic E-state index is 13.5. The summed E-state index contributed by atoms with van der Waals surface area (Å²) in [5.74, 6) is -0.240. The molecule has 7 heteroatoms. The number of hydrogen-bond donors (Lipinski definition) is 1. The normalized spacial score (nSPS) is 16.1. The summed E-state index contributed by atoms with van der Waals surface area (Å²) in [5.41, 5.74) is 3.59. The van der Waals surface area contributed by atoms with Gasteiger partial charge in [0.05, 0.1) is 12.3 Å². The average molecular weight is 431 g/mol. The molecule has 164 valence electrons. The van der Waals surface area contributed by atoms with Crippen LogP contribution in [0, 0.1) is 6.92 Å². The van der Waals surface area contributed by atoms with E-state index in [1.54, 1.807) is 6.20 Å². The molecule has 0 spiro atoms. The first-order chi connectivity index (χ1) is 15.6. The van der Waals surface area contributed by atoms with Crippen LogP contribution in [0.2, 0.25) is 0 Å². The van der Waals surface area contributed by atoms with Crippen molar-refractivity contribution in [1.82, 2.24) is 19.7 Å². The number of ether oxygens (including phenoxy) is 1. The SMILES string of the molecule is Cc1ccccc1Cn1c2ccccc2c2cnn(CC(=O)NCC3CCCO3)c(=O)c21. The smallest absolute Gasteiger partial charge is 0.291 e. The average Bonchev–Trinajstić information content (AvgIpc) is 3.43. The molecular formula is C25H26N4O3. The largest absolute Gasteiger partial charge is 0.376 e. The predicted molar refractivity (Wildman–Crippen MR) is 124 cm³/mol. The van der Waals surface area contributed by atoms with Crippen LogP contribution in [0.1, 0.15) is 24.0 Å². The van der Waals surface area contributed by atoms with Gasteiger partial charge in [0.1, 0.15) is 12.1 Å². The summed E-state index contributed by atoms with van der Waals surface area (Å²) < 4.78 is 8.84. The van der Waals surface area contributed by atoms with Gasteiger partial charge >= 0.3 is 0 Å². The van der Waals surface area contributed by atoms with Crippen LogP contribution in [-0.2, 0) is 22.6 Å². The molecule has 0 aliphatic carbocycles. The molecule has 1 atom stereocenters. The first-order valence-electron chi connectivity index (χ1n) is 11.0. The van der Waals surface area contributed by atoms with Gasteiger partial charge in [0.25, 0.3) is 5.56 Å². The lowest BCUT2D eigenvalue weighted by molar-refractivity contribution is -0.122. The standard InChI is InChI=1S/C25H26N4O3/c1-17-7-2-3-8-18(17)15-28-22-11-5-4-10-20(22)21-14-27-29(25(31)24(21)28)16-23(30)26-13-19-9-6-12-32-19/h2-5,7-8,10-11,14,19H,6,9,12-13,15-16H2,1H3,(H,26,30). The molecule has 0 radical (unpaired) electrons. The summed E-state index contributed by atoms with van der Waals surface area (Å²) in [7, 11) is 0. The van der Waals surface area contributed by atoms with Crippen molar-refractivity contribution in [3.63, 3.8) is 0 Å². The third-order valence-electron chi connectivity index (χ3n) is 6.21. The van der Waals surface area contributed by atoms with E-state index in [2.05, 4.69) is 29.5 Å². The minimum Gasteiger partial charge on any atom is -0.376 e. The number of benzene rings is 2. The van der Waals surface area contributed by atoms with Crippen molar-refractivity contribution < 1.29 is 9.53 Å². The van der Waals surface area contributed by atoms with E-state index in [1.807, 2.05) is 41.0 Å². The fraction of sp³-hybridized carbons (Fsp3) is 0.320. The fourth-order valence-electron chi connectivity index (χ4n) is 4.45. The second kappa shape index (κ2) is 8.59. The molecule has 4 aromatic rings. The zero-order chi connectivity index (χ0) is 22.1. The van der Waals surface area contributed by atoms with Crippen molar-refractivity contribution in [3.8, 4) is 0 Å². The minimum atomic E-state index is -0.264. The number of fused-ring (bicyclic) bond motifs is 3. The molecule has 1 N–H and O–H groups in total. The van der Waals surface area contributed by atoms with Crippen LogP contribution in [0.3, 0.4) is 0 Å². The van der Waals surface area contributed by atoms with Crippen LogP contribution in [0.25, 0.3) is 21.8 Å². The van der Waals surface area contributed by atoms with Crippen molar-refractivity contribution in [2.45, 2.75) is 39.0 Å². The molecule has 1 aliphatic rings. The number of amides is 1. The Morgan fingerprint density at radius 3 is 2.78 bits per heavy atom. The zero-order valence-electron chi connectivity index (χ0n) is 18.1. The van der Waals surface area contributed by atoms with Gasteiger partial charge < -0.3 is 14.6 Å². The van der Waals surface area contributed by atoms with Crippen molar-refractivity contribution >= 4 is 27.7 Å². The van der Waals surface area contributed by atoms with E-state index < -0.39 is 0 Å². The van der Waals surface area contributed by atoms with Gasteiger partial charge in [-0.25, -0.2) is 4.68 Å². The van der Waals surface area contributed by atoms with Gasteiger partial charge in [0, 0.05) is 36.0 Å². The van der Waals surface area contributed by atoms with Crippen LogP contribution >= 0.6 is 0 Å². The summed E-state index contributed by atoms with van der Waals surface area (Å²) >= 11 is 0. The van der Waals surface area contributed by atoms with Crippen molar-refractivity contribution in [1.29, 1.82) is 0 Å². The summed E-state index contributed by atoms with van der Waals surface area (Å²) in [6.07, 6.45) is 3.72. The number of para-hydroxylation sites is 1. The van der Waals surface area contributed by atoms with E-state index in [0.717, 1.165) is 41.3 Å². The second-order valence-corrected chi connectivity index (χ2v) is 8.34. The molecule has 0 saturated carbocycles. The molecule has 1 saturated heterocycles. The highest BCUT2D eigenvalue weighted by atomic mass is 16.5. The van der Waals surface area contributed by atoms with Crippen molar-refractivity contribution in [3.05, 3.63) is 76.2 Å². The van der Waals surface area contributed by atoms with Gasteiger partial charge in [-0.15, -0.1) is 0 Å². The predicted octanol–water partition coefficient (Wildman–Crippen LogP) is 3.00. The third kappa shape index (κ3) is 3.80. The Hall–Kier alpha value is -3.45. The lowest BCUT2D eigenvalue weighted by Crippen LogP contribution is -2.37. The molecule has 1 fully saturated rings. The van der Waals surface area contributed by atoms with Crippen LogP contribution < -0.4 is 10.9 Å². The van der Waals surface area contributed by atoms with Gasteiger partial charge in [-0.3, -0.25) is 9.59 Å². The summed E-state index contributed by atoms with van der Waals surface area (Å²) in [5, 5.41) is 8.96. The highest BCUT2D eigenvalue weighted by Crippen LogP contribution is 2.27. The molecular weight excluding hydrogens is 404 g/mol. The maximum atomic E-state index is 13.5. The maximum Gasteiger partial charge on any atom is 0.291 e. The van der Waals surface area contributed by atoms with E-state index in [4.69, 9.17) is 4.74 Å². The number of nitrogens with one attached hydrogen (secondary N) is 1. The highest BCUT2D eigenvalue weighted by Gasteiger charge is 2.19. The molecule has 1 aliphatic heterocycles. The summed E-state index contributed by atoms with van der Waals surface area (Å²) in [4.78, 5) is 25.9. The Balaban J connectivity index is 1.52. The van der Waals surface area contributed by atoms with E-state index >= 15 is 0 Å². The van der Waals surface area contributed by atoms with E-state index in [1.165, 1.54) is 10.2 Å². The Kier molecular flexibility index (Phi) is 5.49.